The van der Waals surface area contributed by atoms with Crippen LogP contribution in [-0.2, 0) is 4.79 Å². The van der Waals surface area contributed by atoms with Gasteiger partial charge in [0.25, 0.3) is 0 Å². The highest BCUT2D eigenvalue weighted by atomic mass is 16.5. The van der Waals surface area contributed by atoms with Gasteiger partial charge in [0.05, 0.1) is 5.39 Å². The molecule has 0 atom stereocenters. The van der Waals surface area contributed by atoms with Gasteiger partial charge in [0, 0.05) is 18.2 Å². The Balaban J connectivity index is 2.46. The molecule has 1 N–H and O–H groups in total. The molecule has 2 heterocycles. The average Bonchev–Trinajstić information content (AvgIpc) is 2.78. The van der Waals surface area contributed by atoms with E-state index in [9.17, 15) is 4.79 Å². The third-order valence-electron chi connectivity index (χ3n) is 2.67. The summed E-state index contributed by atoms with van der Waals surface area (Å²) in [5.41, 5.74) is 1.20. The van der Waals surface area contributed by atoms with Gasteiger partial charge in [-0.3, -0.25) is 4.79 Å². The van der Waals surface area contributed by atoms with Crippen molar-refractivity contribution in [2.75, 3.05) is 0 Å². The molecule has 106 valence electrons. The van der Waals surface area contributed by atoms with Crippen LogP contribution in [0, 0.1) is 0 Å². The second kappa shape index (κ2) is 5.45. The Kier molecular flexibility index (Phi) is 3.88. The molecular formula is C15H19N3O2. The van der Waals surface area contributed by atoms with Crippen molar-refractivity contribution in [1.82, 2.24) is 15.0 Å². The van der Waals surface area contributed by atoms with Crippen molar-refractivity contribution in [2.24, 2.45) is 0 Å². The number of nitrogens with zero attached hydrogens (tertiary/aromatic N) is 2. The second-order valence-electron chi connectivity index (χ2n) is 5.51. The highest BCUT2D eigenvalue weighted by molar-refractivity contribution is 5.97. The highest BCUT2D eigenvalue weighted by Gasteiger charge is 2.17. The minimum Gasteiger partial charge on any atom is -0.471 e. The van der Waals surface area contributed by atoms with Gasteiger partial charge in [-0.25, -0.2) is 9.97 Å². The first-order valence-corrected chi connectivity index (χ1v) is 6.62. The third kappa shape index (κ3) is 3.23. The SMILES string of the molecule is CCC(=O)C=Cc1c[nH]c2ncnc(OC(C)(C)C)c12. The van der Waals surface area contributed by atoms with E-state index in [1.165, 1.54) is 6.33 Å². The summed E-state index contributed by atoms with van der Waals surface area (Å²) in [5.74, 6) is 0.599. The zero-order valence-electron chi connectivity index (χ0n) is 12.2. The molecule has 0 fully saturated rings. The molecule has 2 aromatic heterocycles. The molecule has 0 radical (unpaired) electrons. The Hall–Kier alpha value is -2.17. The number of ketones is 1. The van der Waals surface area contributed by atoms with Gasteiger partial charge in [-0.15, -0.1) is 0 Å². The van der Waals surface area contributed by atoms with E-state index < -0.39 is 0 Å². The van der Waals surface area contributed by atoms with Crippen molar-refractivity contribution in [1.29, 1.82) is 0 Å². The number of carbonyl (C=O) groups excluding carboxylic acids is 1. The number of carbonyl (C=O) groups is 1. The van der Waals surface area contributed by atoms with Crippen LogP contribution in [-0.4, -0.2) is 26.3 Å². The van der Waals surface area contributed by atoms with Crippen LogP contribution in [0.2, 0.25) is 0 Å². The molecule has 0 saturated carbocycles. The number of hydrogen-bond acceptors (Lipinski definition) is 4. The molecule has 20 heavy (non-hydrogen) atoms. The predicted octanol–water partition coefficient (Wildman–Crippen LogP) is 3.13. The van der Waals surface area contributed by atoms with Crippen LogP contribution in [0.1, 0.15) is 39.7 Å². The molecule has 0 aliphatic rings. The number of rotatable bonds is 4. The Morgan fingerprint density at radius 3 is 2.80 bits per heavy atom. The number of aromatic amines is 1. The van der Waals surface area contributed by atoms with Crippen LogP contribution < -0.4 is 4.74 Å². The van der Waals surface area contributed by atoms with E-state index in [1.54, 1.807) is 18.3 Å². The van der Waals surface area contributed by atoms with Crippen LogP contribution in [0.5, 0.6) is 5.88 Å². The van der Waals surface area contributed by atoms with E-state index in [4.69, 9.17) is 4.74 Å². The molecule has 5 heteroatoms. The monoisotopic (exact) mass is 273 g/mol. The summed E-state index contributed by atoms with van der Waals surface area (Å²) in [6, 6.07) is 0. The number of fused-ring (bicyclic) bond motifs is 1. The third-order valence-corrected chi connectivity index (χ3v) is 2.67. The fraction of sp³-hybridized carbons (Fsp3) is 0.400. The second-order valence-corrected chi connectivity index (χ2v) is 5.51. The first kappa shape index (κ1) is 14.2. The largest absolute Gasteiger partial charge is 0.471 e. The lowest BCUT2D eigenvalue weighted by molar-refractivity contribution is -0.114. The number of hydrogen-bond donors (Lipinski definition) is 1. The summed E-state index contributed by atoms with van der Waals surface area (Å²) in [6.07, 6.45) is 7.08. The molecule has 0 unspecified atom stereocenters. The van der Waals surface area contributed by atoms with Gasteiger partial charge in [0.2, 0.25) is 5.88 Å². The number of H-pyrrole nitrogens is 1. The van der Waals surface area contributed by atoms with Crippen molar-refractivity contribution < 1.29 is 9.53 Å². The number of allylic oxidation sites excluding steroid dienone is 1. The van der Waals surface area contributed by atoms with Gasteiger partial charge in [0.15, 0.2) is 5.78 Å². The fourth-order valence-electron chi connectivity index (χ4n) is 1.76. The molecule has 2 aromatic rings. The Morgan fingerprint density at radius 1 is 1.40 bits per heavy atom. The van der Waals surface area contributed by atoms with Crippen molar-refractivity contribution in [2.45, 2.75) is 39.7 Å². The topological polar surface area (TPSA) is 67.9 Å². The highest BCUT2D eigenvalue weighted by Crippen LogP contribution is 2.28. The summed E-state index contributed by atoms with van der Waals surface area (Å²) in [6.45, 7) is 7.72. The zero-order valence-corrected chi connectivity index (χ0v) is 12.2. The minimum absolute atomic E-state index is 0.0782. The molecular weight excluding hydrogens is 254 g/mol. The van der Waals surface area contributed by atoms with E-state index in [-0.39, 0.29) is 11.4 Å². The quantitative estimate of drug-likeness (QED) is 0.869. The lowest BCUT2D eigenvalue weighted by Crippen LogP contribution is -2.23. The molecule has 0 aliphatic heterocycles. The molecule has 0 aliphatic carbocycles. The first-order chi connectivity index (χ1) is 9.40. The van der Waals surface area contributed by atoms with Crippen molar-refractivity contribution in [3.8, 4) is 5.88 Å². The predicted molar refractivity (Wildman–Crippen MR) is 78.6 cm³/mol. The van der Waals surface area contributed by atoms with Gasteiger partial charge in [-0.05, 0) is 32.9 Å². The van der Waals surface area contributed by atoms with Gasteiger partial charge in [0.1, 0.15) is 17.6 Å². The molecule has 2 rings (SSSR count). The van der Waals surface area contributed by atoms with E-state index in [2.05, 4.69) is 15.0 Å². The maximum atomic E-state index is 11.4. The van der Waals surface area contributed by atoms with Crippen LogP contribution in [0.15, 0.2) is 18.6 Å². The maximum absolute atomic E-state index is 11.4. The lowest BCUT2D eigenvalue weighted by atomic mass is 10.1. The van der Waals surface area contributed by atoms with Gasteiger partial charge in [-0.2, -0.15) is 0 Å². The van der Waals surface area contributed by atoms with Gasteiger partial charge >= 0.3 is 0 Å². The number of nitrogens with one attached hydrogen (secondary N) is 1. The maximum Gasteiger partial charge on any atom is 0.227 e. The van der Waals surface area contributed by atoms with Crippen LogP contribution >= 0.6 is 0 Å². The molecule has 5 nitrogen and oxygen atoms in total. The van der Waals surface area contributed by atoms with Gasteiger partial charge in [-0.1, -0.05) is 6.92 Å². The smallest absolute Gasteiger partial charge is 0.227 e. The Bertz CT molecular complexity index is 651. The molecule has 0 saturated heterocycles. The van der Waals surface area contributed by atoms with Crippen LogP contribution in [0.25, 0.3) is 17.1 Å². The minimum atomic E-state index is -0.348. The molecule has 0 amide bonds. The normalized spacial score (nSPS) is 12.2. The van der Waals surface area contributed by atoms with E-state index >= 15 is 0 Å². The van der Waals surface area contributed by atoms with Gasteiger partial charge < -0.3 is 9.72 Å². The lowest BCUT2D eigenvalue weighted by Gasteiger charge is -2.20. The van der Waals surface area contributed by atoms with Crippen molar-refractivity contribution in [3.63, 3.8) is 0 Å². The zero-order chi connectivity index (χ0) is 14.8. The molecule has 0 spiro atoms. The summed E-state index contributed by atoms with van der Waals surface area (Å²) >= 11 is 0. The average molecular weight is 273 g/mol. The standard InChI is InChI=1S/C15H19N3O2/c1-5-11(19)7-6-10-8-16-13-12(10)14(18-9-17-13)20-15(2,3)4/h6-9H,5H2,1-4H3,(H,16,17,18). The number of aromatic nitrogens is 3. The first-order valence-electron chi connectivity index (χ1n) is 6.62. The Morgan fingerprint density at radius 2 is 2.15 bits per heavy atom. The summed E-state index contributed by atoms with van der Waals surface area (Å²) in [5, 5.41) is 0.794. The van der Waals surface area contributed by atoms with E-state index in [1.807, 2.05) is 27.7 Å². The van der Waals surface area contributed by atoms with Crippen molar-refractivity contribution >= 4 is 22.9 Å². The molecule has 0 bridgehead atoms. The summed E-state index contributed by atoms with van der Waals surface area (Å²) in [7, 11) is 0. The summed E-state index contributed by atoms with van der Waals surface area (Å²) in [4.78, 5) is 22.8. The number of ether oxygens (including phenoxy) is 1. The van der Waals surface area contributed by atoms with Crippen LogP contribution in [0.4, 0.5) is 0 Å². The fourth-order valence-corrected chi connectivity index (χ4v) is 1.76. The van der Waals surface area contributed by atoms with E-state index in [0.29, 0.717) is 17.9 Å². The Labute approximate surface area is 118 Å². The van der Waals surface area contributed by atoms with E-state index in [0.717, 1.165) is 10.9 Å². The van der Waals surface area contributed by atoms with Crippen molar-refractivity contribution in [3.05, 3.63) is 24.2 Å². The summed E-state index contributed by atoms with van der Waals surface area (Å²) < 4.78 is 5.86. The molecule has 0 aromatic carbocycles. The van der Waals surface area contributed by atoms with Crippen LogP contribution in [0.3, 0.4) is 0 Å².